The summed E-state index contributed by atoms with van der Waals surface area (Å²) in [5.74, 6) is -0.746. The van der Waals surface area contributed by atoms with E-state index in [9.17, 15) is 9.59 Å². The van der Waals surface area contributed by atoms with Crippen molar-refractivity contribution in [3.63, 3.8) is 0 Å². The van der Waals surface area contributed by atoms with Crippen LogP contribution in [0.4, 0.5) is 5.69 Å². The van der Waals surface area contributed by atoms with E-state index >= 15 is 0 Å². The van der Waals surface area contributed by atoms with Gasteiger partial charge in [0.25, 0.3) is 5.91 Å². The molecule has 1 heterocycles. The zero-order chi connectivity index (χ0) is 17.3. The van der Waals surface area contributed by atoms with Crippen LogP contribution in [0.25, 0.3) is 0 Å². The SMILES string of the molecule is CCc1cccc(C)c1NC(=O)[C@]1(C)Cc2ccccc2C(=O)O1. The number of cyclic esters (lactones) is 1. The fourth-order valence-electron chi connectivity index (χ4n) is 3.11. The third-order valence-corrected chi connectivity index (χ3v) is 4.54. The van der Waals surface area contributed by atoms with Gasteiger partial charge in [0.1, 0.15) is 0 Å². The number of carbonyl (C=O) groups excluding carboxylic acids is 2. The Bertz CT molecular complexity index is 812. The van der Waals surface area contributed by atoms with Gasteiger partial charge in [-0.1, -0.05) is 43.3 Å². The highest BCUT2D eigenvalue weighted by Crippen LogP contribution is 2.30. The topological polar surface area (TPSA) is 55.4 Å². The van der Waals surface area contributed by atoms with Crippen LogP contribution in [-0.4, -0.2) is 17.5 Å². The first-order chi connectivity index (χ1) is 11.4. The third kappa shape index (κ3) is 2.80. The van der Waals surface area contributed by atoms with Crippen molar-refractivity contribution in [1.29, 1.82) is 0 Å². The Hall–Kier alpha value is -2.62. The van der Waals surface area contributed by atoms with E-state index in [4.69, 9.17) is 4.74 Å². The average Bonchev–Trinajstić information content (AvgIpc) is 2.56. The number of anilines is 1. The number of fused-ring (bicyclic) bond motifs is 1. The van der Waals surface area contributed by atoms with E-state index < -0.39 is 11.6 Å². The van der Waals surface area contributed by atoms with Crippen LogP contribution in [0.15, 0.2) is 42.5 Å². The molecule has 1 atom stereocenters. The number of rotatable bonds is 3. The number of amides is 1. The lowest BCUT2D eigenvalue weighted by Gasteiger charge is -2.33. The van der Waals surface area contributed by atoms with Crippen LogP contribution >= 0.6 is 0 Å². The molecule has 124 valence electrons. The van der Waals surface area contributed by atoms with E-state index in [0.717, 1.165) is 28.8 Å². The van der Waals surface area contributed by atoms with Crippen LogP contribution < -0.4 is 5.32 Å². The Morgan fingerprint density at radius 2 is 1.96 bits per heavy atom. The molecule has 0 spiro atoms. The van der Waals surface area contributed by atoms with Crippen molar-refractivity contribution in [2.24, 2.45) is 0 Å². The van der Waals surface area contributed by atoms with E-state index in [1.54, 1.807) is 19.1 Å². The van der Waals surface area contributed by atoms with Crippen molar-refractivity contribution < 1.29 is 14.3 Å². The predicted octanol–water partition coefficient (Wildman–Crippen LogP) is 3.67. The van der Waals surface area contributed by atoms with Gasteiger partial charge in [-0.2, -0.15) is 0 Å². The van der Waals surface area contributed by atoms with E-state index in [1.165, 1.54) is 0 Å². The highest BCUT2D eigenvalue weighted by atomic mass is 16.6. The number of esters is 1. The maximum atomic E-state index is 12.9. The van der Waals surface area contributed by atoms with E-state index in [1.807, 2.05) is 44.2 Å². The fourth-order valence-corrected chi connectivity index (χ4v) is 3.11. The van der Waals surface area contributed by atoms with Crippen LogP contribution in [0.3, 0.4) is 0 Å². The molecule has 0 unspecified atom stereocenters. The van der Waals surface area contributed by atoms with Gasteiger partial charge in [-0.05, 0) is 43.0 Å². The monoisotopic (exact) mass is 323 g/mol. The van der Waals surface area contributed by atoms with Crippen molar-refractivity contribution in [2.75, 3.05) is 5.32 Å². The van der Waals surface area contributed by atoms with E-state index in [-0.39, 0.29) is 5.91 Å². The molecule has 0 saturated heterocycles. The molecule has 4 nitrogen and oxygen atoms in total. The van der Waals surface area contributed by atoms with Gasteiger partial charge < -0.3 is 10.1 Å². The average molecular weight is 323 g/mol. The highest BCUT2D eigenvalue weighted by molar-refractivity contribution is 6.03. The summed E-state index contributed by atoms with van der Waals surface area (Å²) in [6.45, 7) is 5.67. The number of benzene rings is 2. The first-order valence-electron chi connectivity index (χ1n) is 8.16. The molecule has 0 fully saturated rings. The second-order valence-electron chi connectivity index (χ2n) is 6.37. The first-order valence-corrected chi connectivity index (χ1v) is 8.16. The largest absolute Gasteiger partial charge is 0.445 e. The first kappa shape index (κ1) is 16.2. The number of para-hydroxylation sites is 1. The molecule has 0 aromatic heterocycles. The van der Waals surface area contributed by atoms with Crippen LogP contribution in [0.2, 0.25) is 0 Å². The summed E-state index contributed by atoms with van der Waals surface area (Å²) in [5, 5.41) is 2.98. The normalized spacial score (nSPS) is 19.4. The van der Waals surface area contributed by atoms with Gasteiger partial charge in [0.15, 0.2) is 5.60 Å². The number of hydrogen-bond acceptors (Lipinski definition) is 3. The zero-order valence-electron chi connectivity index (χ0n) is 14.2. The minimum atomic E-state index is -1.21. The van der Waals surface area contributed by atoms with Crippen molar-refractivity contribution in [3.8, 4) is 0 Å². The zero-order valence-corrected chi connectivity index (χ0v) is 14.2. The smallest absolute Gasteiger partial charge is 0.339 e. The Balaban J connectivity index is 1.90. The minimum Gasteiger partial charge on any atom is -0.445 e. The fraction of sp³-hybridized carbons (Fsp3) is 0.300. The molecular formula is C20H21NO3. The molecule has 3 rings (SSSR count). The molecule has 24 heavy (non-hydrogen) atoms. The van der Waals surface area contributed by atoms with Crippen LogP contribution in [0, 0.1) is 6.92 Å². The summed E-state index contributed by atoms with van der Waals surface area (Å²) in [6, 6.07) is 13.2. The number of aryl methyl sites for hydroxylation is 2. The van der Waals surface area contributed by atoms with Gasteiger partial charge in [-0.15, -0.1) is 0 Å². The lowest BCUT2D eigenvalue weighted by Crippen LogP contribution is -2.49. The van der Waals surface area contributed by atoms with Gasteiger partial charge >= 0.3 is 5.97 Å². The van der Waals surface area contributed by atoms with Crippen molar-refractivity contribution in [1.82, 2.24) is 0 Å². The maximum absolute atomic E-state index is 12.9. The number of hydrogen-bond donors (Lipinski definition) is 1. The van der Waals surface area contributed by atoms with E-state index in [2.05, 4.69) is 5.32 Å². The summed E-state index contributed by atoms with van der Waals surface area (Å²) in [4.78, 5) is 25.1. The molecule has 4 heteroatoms. The second-order valence-corrected chi connectivity index (χ2v) is 6.37. The Labute approximate surface area is 141 Å². The summed E-state index contributed by atoms with van der Waals surface area (Å²) in [7, 11) is 0. The van der Waals surface area contributed by atoms with Crippen LogP contribution in [-0.2, 0) is 22.4 Å². The van der Waals surface area contributed by atoms with Gasteiger partial charge in [-0.3, -0.25) is 4.79 Å². The van der Waals surface area contributed by atoms with Gasteiger partial charge in [-0.25, -0.2) is 4.79 Å². The highest BCUT2D eigenvalue weighted by Gasteiger charge is 2.42. The van der Waals surface area contributed by atoms with Crippen LogP contribution in [0.5, 0.6) is 0 Å². The lowest BCUT2D eigenvalue weighted by molar-refractivity contribution is -0.134. The second kappa shape index (κ2) is 6.11. The molecular weight excluding hydrogens is 302 g/mol. The minimum absolute atomic E-state index is 0.297. The Kier molecular flexibility index (Phi) is 4.14. The van der Waals surface area contributed by atoms with Crippen molar-refractivity contribution >= 4 is 17.6 Å². The lowest BCUT2D eigenvalue weighted by atomic mass is 9.89. The summed E-state index contributed by atoms with van der Waals surface area (Å²) >= 11 is 0. The molecule has 0 radical (unpaired) electrons. The number of carbonyl (C=O) groups is 2. The molecule has 1 amide bonds. The van der Waals surface area contributed by atoms with E-state index in [0.29, 0.717) is 12.0 Å². The molecule has 1 aliphatic rings. The Morgan fingerprint density at radius 1 is 1.21 bits per heavy atom. The molecule has 2 aromatic rings. The number of nitrogens with one attached hydrogen (secondary N) is 1. The summed E-state index contributed by atoms with van der Waals surface area (Å²) < 4.78 is 5.50. The van der Waals surface area contributed by atoms with Gasteiger partial charge in [0.2, 0.25) is 0 Å². The molecule has 0 aliphatic carbocycles. The summed E-state index contributed by atoms with van der Waals surface area (Å²) in [5.41, 5.74) is 3.03. The van der Waals surface area contributed by atoms with Gasteiger partial charge in [0, 0.05) is 12.1 Å². The predicted molar refractivity (Wildman–Crippen MR) is 93.2 cm³/mol. The molecule has 2 aromatic carbocycles. The molecule has 1 N–H and O–H groups in total. The quantitative estimate of drug-likeness (QED) is 0.877. The maximum Gasteiger partial charge on any atom is 0.339 e. The van der Waals surface area contributed by atoms with Crippen molar-refractivity contribution in [2.45, 2.75) is 39.2 Å². The Morgan fingerprint density at radius 3 is 2.71 bits per heavy atom. The third-order valence-electron chi connectivity index (χ3n) is 4.54. The molecule has 0 saturated carbocycles. The van der Waals surface area contributed by atoms with Gasteiger partial charge in [0.05, 0.1) is 5.56 Å². The molecule has 0 bridgehead atoms. The van der Waals surface area contributed by atoms with Crippen LogP contribution in [0.1, 0.15) is 40.9 Å². The van der Waals surface area contributed by atoms with Crippen molar-refractivity contribution in [3.05, 3.63) is 64.7 Å². The summed E-state index contributed by atoms with van der Waals surface area (Å²) in [6.07, 6.45) is 1.19. The number of ether oxygens (including phenoxy) is 1. The standard InChI is InChI=1S/C20H21NO3/c1-4-14-10-7-8-13(2)17(14)21-19(23)20(3)12-15-9-5-6-11-16(15)18(22)24-20/h5-11H,4,12H2,1-3H3,(H,21,23)/t20-/m0/s1. The molecule has 1 aliphatic heterocycles.